The maximum Gasteiger partial charge on any atom is 0.239 e. The van der Waals surface area contributed by atoms with Gasteiger partial charge in [-0.25, -0.2) is 0 Å². The summed E-state index contributed by atoms with van der Waals surface area (Å²) in [6, 6.07) is 0. The molecule has 23 heteroatoms. The molecule has 10 atom stereocenters. The fraction of sp³-hybridized carbons (Fsp3) is 0.853. The molecule has 10 unspecified atom stereocenters. The summed E-state index contributed by atoms with van der Waals surface area (Å²) < 4.78 is 21.1. The van der Waals surface area contributed by atoms with Gasteiger partial charge in [0, 0.05) is 39.0 Å². The molecular formula is C34H62N6O17. The Hall–Kier alpha value is -3.17. The van der Waals surface area contributed by atoms with E-state index in [9.17, 15) is 64.8 Å². The highest BCUT2D eigenvalue weighted by molar-refractivity contribution is 5.89. The van der Waals surface area contributed by atoms with Gasteiger partial charge in [0.15, 0.2) is 12.6 Å². The van der Waals surface area contributed by atoms with Crippen LogP contribution in [0.1, 0.15) is 51.4 Å². The summed E-state index contributed by atoms with van der Waals surface area (Å²) in [6.45, 7) is -1.72. The topological polar surface area (TPSA) is 361 Å². The van der Waals surface area contributed by atoms with Crippen molar-refractivity contribution in [3.05, 3.63) is 0 Å². The van der Waals surface area contributed by atoms with Crippen LogP contribution in [-0.4, -0.2) is 209 Å². The summed E-state index contributed by atoms with van der Waals surface area (Å²) in [4.78, 5) is 62.4. The van der Waals surface area contributed by atoms with Crippen LogP contribution < -0.4 is 27.0 Å². The maximum absolute atomic E-state index is 12.5. The molecular weight excluding hydrogens is 764 g/mol. The molecule has 5 amide bonds. The summed E-state index contributed by atoms with van der Waals surface area (Å²) in [5.74, 6) is -2.07. The fourth-order valence-electron chi connectivity index (χ4n) is 5.77. The molecule has 23 nitrogen and oxygen atoms in total. The van der Waals surface area contributed by atoms with Crippen LogP contribution in [0.25, 0.3) is 0 Å². The number of carbonyl (C=O) groups is 5. The molecule has 330 valence electrons. The minimum absolute atomic E-state index is 0.0589. The van der Waals surface area contributed by atoms with Gasteiger partial charge in [0.05, 0.1) is 33.0 Å². The van der Waals surface area contributed by atoms with Crippen molar-refractivity contribution in [2.75, 3.05) is 72.2 Å². The maximum atomic E-state index is 12.5. The third kappa shape index (κ3) is 18.1. The lowest BCUT2D eigenvalue weighted by molar-refractivity contribution is -0.300. The van der Waals surface area contributed by atoms with Crippen LogP contribution in [-0.2, 0) is 42.9 Å². The second-order valence-corrected chi connectivity index (χ2v) is 13.6. The first-order chi connectivity index (χ1) is 27.2. The number of nitrogens with two attached hydrogens (primary N) is 1. The zero-order valence-electron chi connectivity index (χ0n) is 32.0. The Morgan fingerprint density at radius 1 is 0.526 bits per heavy atom. The van der Waals surface area contributed by atoms with E-state index in [2.05, 4.69) is 21.3 Å². The van der Waals surface area contributed by atoms with Crippen LogP contribution in [0.2, 0.25) is 0 Å². The molecule has 0 spiro atoms. The fourth-order valence-corrected chi connectivity index (χ4v) is 5.77. The van der Waals surface area contributed by atoms with E-state index in [1.807, 2.05) is 0 Å². The number of aliphatic hydroxyl groups excluding tert-OH is 8. The smallest absolute Gasteiger partial charge is 0.239 e. The van der Waals surface area contributed by atoms with Crippen LogP contribution >= 0.6 is 0 Å². The number of carbonyl (C=O) groups excluding carboxylic acids is 5. The molecule has 0 aliphatic carbocycles. The first-order valence-electron chi connectivity index (χ1n) is 19.1. The van der Waals surface area contributed by atoms with Gasteiger partial charge in [0.1, 0.15) is 61.9 Å². The van der Waals surface area contributed by atoms with Crippen LogP contribution in [0.3, 0.4) is 0 Å². The largest absolute Gasteiger partial charge is 0.394 e. The summed E-state index contributed by atoms with van der Waals surface area (Å²) in [5, 5.41) is 88.2. The van der Waals surface area contributed by atoms with E-state index in [-0.39, 0.29) is 77.1 Å². The van der Waals surface area contributed by atoms with Crippen LogP contribution in [0.15, 0.2) is 0 Å². The van der Waals surface area contributed by atoms with Gasteiger partial charge in [-0.1, -0.05) is 12.8 Å². The first-order valence-corrected chi connectivity index (χ1v) is 19.1. The van der Waals surface area contributed by atoms with Gasteiger partial charge in [-0.15, -0.1) is 0 Å². The Kier molecular flexibility index (Phi) is 24.1. The summed E-state index contributed by atoms with van der Waals surface area (Å²) in [5.41, 5.74) is 5.46. The SMILES string of the molecule is NCC(=O)N(CC(=O)NCCCCCC(=O)NCCOC1OC(CO)C(O)C(O)C1O)CC(=O)NCCCCCC(=O)NCCOC1OC(CO)C(O)C(O)C1O. The molecule has 0 aromatic rings. The first kappa shape index (κ1) is 50.0. The Morgan fingerprint density at radius 3 is 1.28 bits per heavy atom. The second-order valence-electron chi connectivity index (χ2n) is 13.6. The number of hydrogen-bond acceptors (Lipinski definition) is 18. The van der Waals surface area contributed by atoms with Crippen molar-refractivity contribution in [3.8, 4) is 0 Å². The number of ether oxygens (including phenoxy) is 4. The Bertz CT molecular complexity index is 1140. The van der Waals surface area contributed by atoms with Gasteiger partial charge in [-0.2, -0.15) is 0 Å². The highest BCUT2D eigenvalue weighted by Crippen LogP contribution is 2.23. The lowest BCUT2D eigenvalue weighted by atomic mass is 9.99. The van der Waals surface area contributed by atoms with E-state index in [4.69, 9.17) is 24.7 Å². The van der Waals surface area contributed by atoms with E-state index in [0.29, 0.717) is 38.5 Å². The van der Waals surface area contributed by atoms with Gasteiger partial charge >= 0.3 is 0 Å². The third-order valence-electron chi connectivity index (χ3n) is 9.11. The minimum Gasteiger partial charge on any atom is -0.394 e. The van der Waals surface area contributed by atoms with Crippen molar-refractivity contribution < 1.29 is 83.8 Å². The summed E-state index contributed by atoms with van der Waals surface area (Å²) in [6.07, 6.45) is -10.2. The Balaban J connectivity index is 1.50. The Labute approximate surface area is 330 Å². The highest BCUT2D eigenvalue weighted by atomic mass is 16.7. The number of unbranched alkanes of at least 4 members (excludes halogenated alkanes) is 4. The molecule has 0 aromatic heterocycles. The molecule has 0 bridgehead atoms. The average molecular weight is 827 g/mol. The van der Waals surface area contributed by atoms with Crippen LogP contribution in [0.4, 0.5) is 0 Å². The minimum atomic E-state index is -1.56. The normalized spacial score (nSPS) is 27.3. The molecule has 2 aliphatic heterocycles. The number of amides is 5. The van der Waals surface area contributed by atoms with Crippen molar-refractivity contribution in [2.24, 2.45) is 5.73 Å². The zero-order valence-corrected chi connectivity index (χ0v) is 32.0. The zero-order chi connectivity index (χ0) is 42.3. The molecule has 2 fully saturated rings. The molecule has 57 heavy (non-hydrogen) atoms. The van der Waals surface area contributed by atoms with Crippen LogP contribution in [0, 0.1) is 0 Å². The van der Waals surface area contributed by atoms with Crippen molar-refractivity contribution in [1.29, 1.82) is 0 Å². The number of rotatable bonds is 27. The number of nitrogens with one attached hydrogen (secondary N) is 4. The van der Waals surface area contributed by atoms with Gasteiger partial charge < -0.3 is 91.7 Å². The monoisotopic (exact) mass is 826 g/mol. The lowest BCUT2D eigenvalue weighted by Crippen LogP contribution is -2.59. The van der Waals surface area contributed by atoms with E-state index >= 15 is 0 Å². The molecule has 2 heterocycles. The number of aliphatic hydroxyl groups is 8. The van der Waals surface area contributed by atoms with E-state index < -0.39 is 98.9 Å². The highest BCUT2D eigenvalue weighted by Gasteiger charge is 2.45. The molecule has 14 N–H and O–H groups in total. The summed E-state index contributed by atoms with van der Waals surface area (Å²) >= 11 is 0. The molecule has 0 saturated carbocycles. The second kappa shape index (κ2) is 27.5. The predicted octanol–water partition coefficient (Wildman–Crippen LogP) is -7.01. The standard InChI is InChI=1S/C34H62N6O17/c35-15-26(47)40(16-24(45)36-9-5-1-3-7-22(43)38-11-13-54-33-31(52)29(50)27(48)20(18-41)56-33)17-25(46)37-10-6-2-4-8-23(44)39-12-14-55-34-32(53)30(51)28(49)21(19-42)57-34/h20-21,27-34,41-42,48-53H,1-19,35H2,(H,36,45)(H,37,46)(H,38,43)(H,39,44). The van der Waals surface area contributed by atoms with Crippen molar-refractivity contribution in [1.82, 2.24) is 26.2 Å². The van der Waals surface area contributed by atoms with E-state index in [1.54, 1.807) is 0 Å². The summed E-state index contributed by atoms with van der Waals surface area (Å²) in [7, 11) is 0. The molecule has 2 rings (SSSR count). The third-order valence-corrected chi connectivity index (χ3v) is 9.11. The van der Waals surface area contributed by atoms with Gasteiger partial charge in [0.25, 0.3) is 0 Å². The van der Waals surface area contributed by atoms with Crippen LogP contribution in [0.5, 0.6) is 0 Å². The van der Waals surface area contributed by atoms with Gasteiger partial charge in [-0.05, 0) is 25.7 Å². The van der Waals surface area contributed by atoms with Gasteiger partial charge in [0.2, 0.25) is 29.5 Å². The van der Waals surface area contributed by atoms with E-state index in [1.165, 1.54) is 0 Å². The van der Waals surface area contributed by atoms with E-state index in [0.717, 1.165) is 4.90 Å². The average Bonchev–Trinajstić information content (AvgIpc) is 3.19. The number of nitrogens with zero attached hydrogens (tertiary/aromatic N) is 1. The van der Waals surface area contributed by atoms with Crippen molar-refractivity contribution in [2.45, 2.75) is 113 Å². The predicted molar refractivity (Wildman–Crippen MR) is 194 cm³/mol. The molecule has 0 radical (unpaired) electrons. The molecule has 0 aromatic carbocycles. The molecule has 2 saturated heterocycles. The Morgan fingerprint density at radius 2 is 0.912 bits per heavy atom. The molecule has 2 aliphatic rings. The number of hydrogen-bond donors (Lipinski definition) is 13. The van der Waals surface area contributed by atoms with Crippen molar-refractivity contribution in [3.63, 3.8) is 0 Å². The van der Waals surface area contributed by atoms with Gasteiger partial charge in [-0.3, -0.25) is 24.0 Å². The quantitative estimate of drug-likeness (QED) is 0.0342. The lowest BCUT2D eigenvalue weighted by Gasteiger charge is -2.39. The van der Waals surface area contributed by atoms with Crippen molar-refractivity contribution >= 4 is 29.5 Å².